The van der Waals surface area contributed by atoms with Gasteiger partial charge in [0, 0.05) is 18.0 Å². The second kappa shape index (κ2) is 6.97. The molecule has 1 aromatic rings. The molecule has 17 heavy (non-hydrogen) atoms. The minimum Gasteiger partial charge on any atom is -0.307 e. The van der Waals surface area contributed by atoms with E-state index in [1.807, 2.05) is 4.68 Å². The summed E-state index contributed by atoms with van der Waals surface area (Å²) in [5.74, 6) is 2.25. The minimum absolute atomic E-state index is 0.347. The van der Waals surface area contributed by atoms with Crippen molar-refractivity contribution in [2.45, 2.75) is 52.7 Å². The molecule has 1 unspecified atom stereocenters. The van der Waals surface area contributed by atoms with Crippen LogP contribution in [0.3, 0.4) is 0 Å². The van der Waals surface area contributed by atoms with Crippen molar-refractivity contribution in [3.8, 4) is 0 Å². The van der Waals surface area contributed by atoms with Gasteiger partial charge in [-0.25, -0.2) is 9.67 Å². The highest BCUT2D eigenvalue weighted by Crippen LogP contribution is 2.09. The molecule has 1 N–H and O–H groups in total. The number of hydrogen-bond acceptors (Lipinski definition) is 3. The average molecular weight is 259 g/mol. The monoisotopic (exact) mass is 258 g/mol. The van der Waals surface area contributed by atoms with Crippen molar-refractivity contribution < 1.29 is 0 Å². The third-order valence-electron chi connectivity index (χ3n) is 2.88. The van der Waals surface area contributed by atoms with Gasteiger partial charge in [-0.3, -0.25) is 0 Å². The van der Waals surface area contributed by atoms with Crippen LogP contribution in [0.25, 0.3) is 0 Å². The third kappa shape index (κ3) is 4.28. The Morgan fingerprint density at radius 3 is 2.59 bits per heavy atom. The molecule has 98 valence electrons. The first-order valence-corrected chi connectivity index (χ1v) is 6.77. The maximum absolute atomic E-state index is 5.81. The van der Waals surface area contributed by atoms with E-state index in [9.17, 15) is 0 Å². The SMILES string of the molecule is CC(C)C(CCCl)NCc1ncnn1C(C)C. The van der Waals surface area contributed by atoms with E-state index < -0.39 is 0 Å². The first-order valence-electron chi connectivity index (χ1n) is 6.24. The summed E-state index contributed by atoms with van der Waals surface area (Å²) in [4.78, 5) is 4.29. The molecular formula is C12H23ClN4. The second-order valence-corrected chi connectivity index (χ2v) is 5.30. The van der Waals surface area contributed by atoms with Gasteiger partial charge in [0.2, 0.25) is 0 Å². The predicted octanol–water partition coefficient (Wildman–Crippen LogP) is 2.60. The van der Waals surface area contributed by atoms with Crippen LogP contribution in [0.4, 0.5) is 0 Å². The quantitative estimate of drug-likeness (QED) is 0.765. The van der Waals surface area contributed by atoms with Crippen LogP contribution in [-0.2, 0) is 6.54 Å². The normalized spacial score (nSPS) is 13.6. The standard InChI is InChI=1S/C12H23ClN4/c1-9(2)11(5-6-13)14-7-12-15-8-16-17(12)10(3)4/h8-11,14H,5-7H2,1-4H3. The molecule has 1 heterocycles. The van der Waals surface area contributed by atoms with Crippen LogP contribution in [-0.4, -0.2) is 26.7 Å². The zero-order valence-corrected chi connectivity index (χ0v) is 11.9. The van der Waals surface area contributed by atoms with Crippen molar-refractivity contribution in [1.29, 1.82) is 0 Å². The van der Waals surface area contributed by atoms with Gasteiger partial charge in [0.25, 0.3) is 0 Å². The molecular weight excluding hydrogens is 236 g/mol. The van der Waals surface area contributed by atoms with Crippen molar-refractivity contribution in [2.24, 2.45) is 5.92 Å². The van der Waals surface area contributed by atoms with E-state index in [1.54, 1.807) is 6.33 Å². The van der Waals surface area contributed by atoms with Crippen molar-refractivity contribution in [1.82, 2.24) is 20.1 Å². The second-order valence-electron chi connectivity index (χ2n) is 4.92. The lowest BCUT2D eigenvalue weighted by atomic mass is 10.0. The van der Waals surface area contributed by atoms with Gasteiger partial charge in [-0.15, -0.1) is 11.6 Å². The van der Waals surface area contributed by atoms with Gasteiger partial charge < -0.3 is 5.32 Å². The zero-order chi connectivity index (χ0) is 12.8. The van der Waals surface area contributed by atoms with Gasteiger partial charge >= 0.3 is 0 Å². The van der Waals surface area contributed by atoms with E-state index in [-0.39, 0.29) is 0 Å². The molecule has 0 saturated heterocycles. The highest BCUT2D eigenvalue weighted by Gasteiger charge is 2.14. The number of nitrogens with zero attached hydrogens (tertiary/aromatic N) is 3. The highest BCUT2D eigenvalue weighted by atomic mass is 35.5. The first kappa shape index (κ1) is 14.5. The minimum atomic E-state index is 0.347. The first-order chi connectivity index (χ1) is 8.06. The van der Waals surface area contributed by atoms with Gasteiger partial charge in [0.1, 0.15) is 12.2 Å². The maximum atomic E-state index is 5.81. The Hall–Kier alpha value is -0.610. The van der Waals surface area contributed by atoms with Crippen LogP contribution in [0.5, 0.6) is 0 Å². The lowest BCUT2D eigenvalue weighted by Gasteiger charge is -2.21. The molecule has 0 aliphatic carbocycles. The van der Waals surface area contributed by atoms with Crippen molar-refractivity contribution in [3.63, 3.8) is 0 Å². The summed E-state index contributed by atoms with van der Waals surface area (Å²) >= 11 is 5.81. The summed E-state index contributed by atoms with van der Waals surface area (Å²) in [7, 11) is 0. The summed E-state index contributed by atoms with van der Waals surface area (Å²) < 4.78 is 1.95. The molecule has 0 saturated carbocycles. The Morgan fingerprint density at radius 2 is 2.06 bits per heavy atom. The fraction of sp³-hybridized carbons (Fsp3) is 0.833. The smallest absolute Gasteiger partial charge is 0.141 e. The molecule has 0 amide bonds. The summed E-state index contributed by atoms with van der Waals surface area (Å²) in [6.07, 6.45) is 2.60. The van der Waals surface area contributed by atoms with Gasteiger partial charge in [0.15, 0.2) is 0 Å². The fourth-order valence-corrected chi connectivity index (χ4v) is 2.08. The molecule has 0 aliphatic rings. The third-order valence-corrected chi connectivity index (χ3v) is 3.10. The van der Waals surface area contributed by atoms with Crippen LogP contribution < -0.4 is 5.32 Å². The van der Waals surface area contributed by atoms with E-state index in [4.69, 9.17) is 11.6 Å². The van der Waals surface area contributed by atoms with Crippen LogP contribution in [0.15, 0.2) is 6.33 Å². The van der Waals surface area contributed by atoms with Crippen LogP contribution in [0, 0.1) is 5.92 Å². The molecule has 0 bridgehead atoms. The van der Waals surface area contributed by atoms with E-state index in [2.05, 4.69) is 43.1 Å². The Kier molecular flexibility index (Phi) is 5.92. The van der Waals surface area contributed by atoms with Crippen molar-refractivity contribution >= 4 is 11.6 Å². The molecule has 0 spiro atoms. The van der Waals surface area contributed by atoms with Crippen LogP contribution in [0.2, 0.25) is 0 Å². The van der Waals surface area contributed by atoms with E-state index >= 15 is 0 Å². The number of nitrogens with one attached hydrogen (secondary N) is 1. The molecule has 5 heteroatoms. The van der Waals surface area contributed by atoms with Gasteiger partial charge in [-0.05, 0) is 26.2 Å². The maximum Gasteiger partial charge on any atom is 0.141 e. The average Bonchev–Trinajstić information content (AvgIpc) is 2.71. The number of halogens is 1. The summed E-state index contributed by atoms with van der Waals surface area (Å²) in [5.41, 5.74) is 0. The fourth-order valence-electron chi connectivity index (χ4n) is 1.84. The molecule has 4 nitrogen and oxygen atoms in total. The number of aromatic nitrogens is 3. The summed E-state index contributed by atoms with van der Waals surface area (Å²) in [6, 6.07) is 0.782. The Morgan fingerprint density at radius 1 is 1.35 bits per heavy atom. The van der Waals surface area contributed by atoms with Crippen LogP contribution in [0.1, 0.15) is 46.0 Å². The molecule has 0 aromatic carbocycles. The Labute approximate surface area is 109 Å². The molecule has 1 aromatic heterocycles. The molecule has 0 aliphatic heterocycles. The van der Waals surface area contributed by atoms with Gasteiger partial charge in [0.05, 0.1) is 6.54 Å². The molecule has 1 atom stereocenters. The summed E-state index contributed by atoms with van der Waals surface area (Å²) in [5, 5.41) is 7.73. The topological polar surface area (TPSA) is 42.7 Å². The van der Waals surface area contributed by atoms with Crippen LogP contribution >= 0.6 is 11.6 Å². The zero-order valence-electron chi connectivity index (χ0n) is 11.2. The lowest BCUT2D eigenvalue weighted by Crippen LogP contribution is -2.34. The largest absolute Gasteiger partial charge is 0.307 e. The number of alkyl halides is 1. The van der Waals surface area contributed by atoms with Gasteiger partial charge in [-0.1, -0.05) is 13.8 Å². The summed E-state index contributed by atoms with van der Waals surface area (Å²) in [6.45, 7) is 9.38. The Balaban J connectivity index is 2.56. The number of rotatable bonds is 7. The molecule has 1 rings (SSSR count). The number of hydrogen-bond donors (Lipinski definition) is 1. The van der Waals surface area contributed by atoms with Gasteiger partial charge in [-0.2, -0.15) is 5.10 Å². The van der Waals surface area contributed by atoms with E-state index in [0.29, 0.717) is 23.9 Å². The van der Waals surface area contributed by atoms with Crippen molar-refractivity contribution in [2.75, 3.05) is 5.88 Å². The highest BCUT2D eigenvalue weighted by molar-refractivity contribution is 6.17. The Bertz CT molecular complexity index is 322. The van der Waals surface area contributed by atoms with E-state index in [1.165, 1.54) is 0 Å². The molecule has 0 fully saturated rings. The predicted molar refractivity (Wildman–Crippen MR) is 71.2 cm³/mol. The van der Waals surface area contributed by atoms with E-state index in [0.717, 1.165) is 18.8 Å². The van der Waals surface area contributed by atoms with Crippen molar-refractivity contribution in [3.05, 3.63) is 12.2 Å². The molecule has 0 radical (unpaired) electrons. The lowest BCUT2D eigenvalue weighted by molar-refractivity contribution is 0.375.